The molecule has 1 aromatic carbocycles. The Morgan fingerprint density at radius 2 is 1.53 bits per heavy atom. The first kappa shape index (κ1) is 33.4. The third kappa shape index (κ3) is 10.3. The van der Waals surface area contributed by atoms with Gasteiger partial charge in [-0.1, -0.05) is 6.07 Å². The number of carbonyl (C=O) groups excluding carboxylic acids is 6. The molecule has 0 bridgehead atoms. The average Bonchev–Trinajstić information content (AvgIpc) is 3.19. The highest BCUT2D eigenvalue weighted by Gasteiger charge is 2.46. The van der Waals surface area contributed by atoms with Gasteiger partial charge in [0.05, 0.1) is 50.8 Å². The number of ether oxygens (including phenoxy) is 5. The maximum absolute atomic E-state index is 13.1. The maximum Gasteiger partial charge on any atom is 0.407 e. The molecule has 2 aliphatic heterocycles. The Kier molecular flexibility index (Phi) is 12.4. The lowest BCUT2D eigenvalue weighted by Crippen LogP contribution is -2.54. The Balaban J connectivity index is 1.25. The van der Waals surface area contributed by atoms with Crippen molar-refractivity contribution >= 4 is 35.6 Å². The van der Waals surface area contributed by atoms with E-state index < -0.39 is 53.9 Å². The van der Waals surface area contributed by atoms with Crippen LogP contribution in [0.5, 0.6) is 5.75 Å². The molecule has 3 N–H and O–H groups in total. The predicted octanol–water partition coefficient (Wildman–Crippen LogP) is 0.157. The van der Waals surface area contributed by atoms with E-state index in [9.17, 15) is 28.8 Å². The zero-order chi connectivity index (χ0) is 31.4. The fourth-order valence-electron chi connectivity index (χ4n) is 4.14. The molecule has 0 saturated carbocycles. The van der Waals surface area contributed by atoms with Crippen molar-refractivity contribution in [2.75, 3.05) is 59.3 Å². The van der Waals surface area contributed by atoms with E-state index in [0.717, 1.165) is 4.90 Å². The summed E-state index contributed by atoms with van der Waals surface area (Å²) in [4.78, 5) is 74.2. The lowest BCUT2D eigenvalue weighted by molar-refractivity contribution is -0.136. The Labute approximate surface area is 248 Å². The molecule has 43 heavy (non-hydrogen) atoms. The number of nitrogens with one attached hydrogen (secondary N) is 3. The van der Waals surface area contributed by atoms with Crippen molar-refractivity contribution in [1.82, 2.24) is 20.9 Å². The van der Waals surface area contributed by atoms with Crippen LogP contribution in [0.3, 0.4) is 0 Å². The van der Waals surface area contributed by atoms with Gasteiger partial charge in [0, 0.05) is 19.5 Å². The van der Waals surface area contributed by atoms with Crippen LogP contribution in [-0.4, -0.2) is 112 Å². The van der Waals surface area contributed by atoms with Crippen molar-refractivity contribution in [3.05, 3.63) is 29.3 Å². The monoisotopic (exact) mass is 606 g/mol. The first-order chi connectivity index (χ1) is 20.5. The summed E-state index contributed by atoms with van der Waals surface area (Å²) in [6.45, 7) is 7.38. The van der Waals surface area contributed by atoms with Crippen molar-refractivity contribution in [1.29, 1.82) is 0 Å². The van der Waals surface area contributed by atoms with Crippen molar-refractivity contribution in [2.45, 2.75) is 45.3 Å². The SMILES string of the molecule is CC(C)(C)OC(=O)NCCOCCOCCOCCNC(=O)COc1cccc2c1C(=O)N(C1CCC(=O)NC1=O)C2=O. The molecular weight excluding hydrogens is 568 g/mol. The van der Waals surface area contributed by atoms with Gasteiger partial charge >= 0.3 is 6.09 Å². The van der Waals surface area contributed by atoms with E-state index in [1.165, 1.54) is 18.2 Å². The molecule has 1 atom stereocenters. The number of piperidine rings is 1. The standard InChI is InChI=1S/C28H38N4O11/c1-28(2,3)43-27(38)30-10-12-40-14-16-41-15-13-39-11-9-29-22(34)17-42-20-6-4-5-18-23(20)26(37)32(25(18)36)19-7-8-21(33)31-24(19)35/h4-6,19H,7-17H2,1-3H3,(H,29,34)(H,30,38)(H,31,33,35). The number of rotatable bonds is 16. The van der Waals surface area contributed by atoms with Crippen molar-refractivity contribution in [2.24, 2.45) is 0 Å². The highest BCUT2D eigenvalue weighted by atomic mass is 16.6. The van der Waals surface area contributed by atoms with Gasteiger partial charge in [0.1, 0.15) is 17.4 Å². The molecule has 0 radical (unpaired) electrons. The fraction of sp³-hybridized carbons (Fsp3) is 0.571. The van der Waals surface area contributed by atoms with E-state index in [1.807, 2.05) is 0 Å². The van der Waals surface area contributed by atoms with Crippen LogP contribution in [0.2, 0.25) is 0 Å². The summed E-state index contributed by atoms with van der Waals surface area (Å²) in [5.41, 5.74) is -0.524. The van der Waals surface area contributed by atoms with Crippen LogP contribution in [0, 0.1) is 0 Å². The zero-order valence-corrected chi connectivity index (χ0v) is 24.5. The van der Waals surface area contributed by atoms with Crippen LogP contribution >= 0.6 is 0 Å². The van der Waals surface area contributed by atoms with Gasteiger partial charge < -0.3 is 34.3 Å². The van der Waals surface area contributed by atoms with Crippen LogP contribution in [0.25, 0.3) is 0 Å². The van der Waals surface area contributed by atoms with E-state index >= 15 is 0 Å². The molecule has 15 heteroatoms. The number of hydrogen-bond acceptors (Lipinski definition) is 11. The van der Waals surface area contributed by atoms with Crippen molar-refractivity contribution < 1.29 is 52.5 Å². The normalized spacial score (nSPS) is 16.5. The molecule has 1 fully saturated rings. The maximum atomic E-state index is 13.1. The van der Waals surface area contributed by atoms with Gasteiger partial charge in [-0.2, -0.15) is 0 Å². The second kappa shape index (κ2) is 16.0. The molecule has 0 aliphatic carbocycles. The quantitative estimate of drug-likeness (QED) is 0.172. The number of fused-ring (bicyclic) bond motifs is 1. The summed E-state index contributed by atoms with van der Waals surface area (Å²) < 4.78 is 26.8. The number of carbonyl (C=O) groups is 6. The number of hydrogen-bond donors (Lipinski definition) is 3. The van der Waals surface area contributed by atoms with Crippen LogP contribution in [0.15, 0.2) is 18.2 Å². The molecule has 15 nitrogen and oxygen atoms in total. The minimum absolute atomic E-state index is 0.0110. The fourth-order valence-corrected chi connectivity index (χ4v) is 4.14. The Bertz CT molecular complexity index is 1200. The average molecular weight is 607 g/mol. The van der Waals surface area contributed by atoms with Gasteiger partial charge in [-0.05, 0) is 39.3 Å². The molecular formula is C28H38N4O11. The first-order valence-electron chi connectivity index (χ1n) is 13.9. The molecule has 2 heterocycles. The molecule has 1 saturated heterocycles. The summed E-state index contributed by atoms with van der Waals surface area (Å²) in [6, 6.07) is 3.31. The van der Waals surface area contributed by atoms with Crippen LogP contribution < -0.4 is 20.7 Å². The van der Waals surface area contributed by atoms with Gasteiger partial charge in [0.15, 0.2) is 6.61 Å². The lowest BCUT2D eigenvalue weighted by atomic mass is 10.0. The molecule has 1 aromatic rings. The second-order valence-corrected chi connectivity index (χ2v) is 10.5. The minimum atomic E-state index is -1.10. The van der Waals surface area contributed by atoms with Gasteiger partial charge in [0.2, 0.25) is 11.8 Å². The van der Waals surface area contributed by atoms with Crippen LogP contribution in [-0.2, 0) is 33.3 Å². The van der Waals surface area contributed by atoms with E-state index in [-0.39, 0.29) is 42.9 Å². The predicted molar refractivity (Wildman–Crippen MR) is 148 cm³/mol. The molecule has 0 aromatic heterocycles. The molecule has 0 spiro atoms. The topological polar surface area (TPSA) is 188 Å². The van der Waals surface area contributed by atoms with Crippen molar-refractivity contribution in [3.63, 3.8) is 0 Å². The first-order valence-corrected chi connectivity index (χ1v) is 13.9. The summed E-state index contributed by atoms with van der Waals surface area (Å²) in [6.07, 6.45) is -0.452. The third-order valence-electron chi connectivity index (χ3n) is 6.02. The number of alkyl carbamates (subject to hydrolysis) is 1. The summed E-state index contributed by atoms with van der Waals surface area (Å²) in [5, 5.41) is 7.36. The smallest absolute Gasteiger partial charge is 0.407 e. The number of benzene rings is 1. The van der Waals surface area contributed by atoms with Crippen LogP contribution in [0.4, 0.5) is 4.79 Å². The highest BCUT2D eigenvalue weighted by Crippen LogP contribution is 2.33. The minimum Gasteiger partial charge on any atom is -0.483 e. The number of nitrogens with zero attached hydrogens (tertiary/aromatic N) is 1. The molecule has 6 amide bonds. The number of imide groups is 2. The summed E-state index contributed by atoms with van der Waals surface area (Å²) in [5.74, 6) is -2.98. The zero-order valence-electron chi connectivity index (χ0n) is 24.5. The molecule has 3 rings (SSSR count). The Hall–Kier alpha value is -4.08. The molecule has 2 aliphatic rings. The Morgan fingerprint density at radius 3 is 2.16 bits per heavy atom. The van der Waals surface area contributed by atoms with E-state index in [2.05, 4.69) is 16.0 Å². The summed E-state index contributed by atoms with van der Waals surface area (Å²) in [7, 11) is 0. The third-order valence-corrected chi connectivity index (χ3v) is 6.02. The highest BCUT2D eigenvalue weighted by molar-refractivity contribution is 6.24. The van der Waals surface area contributed by atoms with E-state index in [0.29, 0.717) is 39.6 Å². The number of amides is 6. The van der Waals surface area contributed by atoms with E-state index in [1.54, 1.807) is 20.8 Å². The molecule has 236 valence electrons. The van der Waals surface area contributed by atoms with Gasteiger partial charge in [-0.15, -0.1) is 0 Å². The van der Waals surface area contributed by atoms with Gasteiger partial charge in [0.25, 0.3) is 17.7 Å². The van der Waals surface area contributed by atoms with Gasteiger partial charge in [-0.3, -0.25) is 34.2 Å². The Morgan fingerprint density at radius 1 is 0.907 bits per heavy atom. The van der Waals surface area contributed by atoms with Crippen LogP contribution in [0.1, 0.15) is 54.3 Å². The molecule has 1 unspecified atom stereocenters. The summed E-state index contributed by atoms with van der Waals surface area (Å²) >= 11 is 0. The van der Waals surface area contributed by atoms with Gasteiger partial charge in [-0.25, -0.2) is 4.79 Å². The van der Waals surface area contributed by atoms with E-state index in [4.69, 9.17) is 23.7 Å². The largest absolute Gasteiger partial charge is 0.483 e. The second-order valence-electron chi connectivity index (χ2n) is 10.5. The van der Waals surface area contributed by atoms with Crippen molar-refractivity contribution in [3.8, 4) is 5.75 Å². The lowest BCUT2D eigenvalue weighted by Gasteiger charge is -2.27.